The first-order valence-corrected chi connectivity index (χ1v) is 7.82. The van der Waals surface area contributed by atoms with Crippen molar-refractivity contribution >= 4 is 34.6 Å². The molecule has 21 heavy (non-hydrogen) atoms. The normalized spacial score (nSPS) is 12.5. The molecule has 0 amide bonds. The molecule has 3 aromatic rings. The van der Waals surface area contributed by atoms with Crippen LogP contribution in [0.4, 0.5) is 0 Å². The predicted molar refractivity (Wildman–Crippen MR) is 87.2 cm³/mol. The molecule has 2 aromatic heterocycles. The Bertz CT molecular complexity index is 923. The number of H-pyrrole nitrogens is 1. The number of imidazole rings is 1. The molecule has 1 unspecified atom stereocenters. The van der Waals surface area contributed by atoms with Gasteiger partial charge in [-0.1, -0.05) is 6.07 Å². The Labute approximate surface area is 131 Å². The number of hydrogen-bond donors (Lipinski definition) is 1. The van der Waals surface area contributed by atoms with Gasteiger partial charge in [0.25, 0.3) is 0 Å². The third-order valence-electron chi connectivity index (χ3n) is 3.58. The van der Waals surface area contributed by atoms with Gasteiger partial charge in [-0.2, -0.15) is 5.26 Å². The highest BCUT2D eigenvalue weighted by atomic mass is 32.1. The van der Waals surface area contributed by atoms with E-state index in [1.54, 1.807) is 17.4 Å². The topological polar surface area (TPSA) is 57.4 Å². The SMILES string of the molecule is Cc1nc(C)c(C(C)n2c(=S)[nH]c3c(C#N)cccc32)s1. The molecule has 0 aliphatic rings. The van der Waals surface area contributed by atoms with Crippen molar-refractivity contribution < 1.29 is 0 Å². The fraction of sp³-hybridized carbons (Fsp3) is 0.267. The lowest BCUT2D eigenvalue weighted by Gasteiger charge is -2.13. The van der Waals surface area contributed by atoms with Crippen molar-refractivity contribution in [2.24, 2.45) is 0 Å². The summed E-state index contributed by atoms with van der Waals surface area (Å²) in [5, 5.41) is 10.3. The second-order valence-corrected chi connectivity index (χ2v) is 6.59. The minimum atomic E-state index is 0.0893. The van der Waals surface area contributed by atoms with Gasteiger partial charge in [0.1, 0.15) is 6.07 Å². The van der Waals surface area contributed by atoms with Crippen LogP contribution in [-0.2, 0) is 0 Å². The minimum Gasteiger partial charge on any atom is -0.329 e. The Kier molecular flexibility index (Phi) is 3.40. The van der Waals surface area contributed by atoms with Gasteiger partial charge in [-0.25, -0.2) is 4.98 Å². The summed E-state index contributed by atoms with van der Waals surface area (Å²) < 4.78 is 2.69. The van der Waals surface area contributed by atoms with Gasteiger partial charge in [0, 0.05) is 0 Å². The van der Waals surface area contributed by atoms with Crippen molar-refractivity contribution in [3.05, 3.63) is 44.1 Å². The van der Waals surface area contributed by atoms with E-state index in [2.05, 4.69) is 27.5 Å². The van der Waals surface area contributed by atoms with Crippen LogP contribution in [0.3, 0.4) is 0 Å². The fourth-order valence-electron chi connectivity index (χ4n) is 2.68. The molecule has 4 nitrogen and oxygen atoms in total. The fourth-order valence-corrected chi connectivity index (χ4v) is 4.01. The van der Waals surface area contributed by atoms with E-state index in [9.17, 15) is 5.26 Å². The average Bonchev–Trinajstić information content (AvgIpc) is 2.96. The van der Waals surface area contributed by atoms with Gasteiger partial charge in [-0.05, 0) is 45.1 Å². The predicted octanol–water partition coefficient (Wildman–Crippen LogP) is 4.25. The van der Waals surface area contributed by atoms with E-state index in [0.29, 0.717) is 10.3 Å². The largest absolute Gasteiger partial charge is 0.329 e. The number of fused-ring (bicyclic) bond motifs is 1. The van der Waals surface area contributed by atoms with Crippen LogP contribution in [0.1, 0.15) is 34.1 Å². The number of nitrogens with one attached hydrogen (secondary N) is 1. The molecule has 0 bridgehead atoms. The van der Waals surface area contributed by atoms with Crippen molar-refractivity contribution in [3.8, 4) is 6.07 Å². The number of rotatable bonds is 2. The van der Waals surface area contributed by atoms with E-state index in [1.165, 1.54) is 4.88 Å². The Morgan fingerprint density at radius 3 is 2.81 bits per heavy atom. The van der Waals surface area contributed by atoms with Gasteiger partial charge in [0.15, 0.2) is 4.77 Å². The molecular weight excluding hydrogens is 300 g/mol. The molecule has 0 aliphatic heterocycles. The Balaban J connectivity index is 2.26. The van der Waals surface area contributed by atoms with Crippen LogP contribution in [0, 0.1) is 29.9 Å². The Hall–Kier alpha value is -1.97. The van der Waals surface area contributed by atoms with E-state index in [0.717, 1.165) is 21.7 Å². The maximum Gasteiger partial charge on any atom is 0.178 e. The molecule has 0 radical (unpaired) electrons. The lowest BCUT2D eigenvalue weighted by Crippen LogP contribution is -2.06. The number of hydrogen-bond acceptors (Lipinski definition) is 4. The smallest absolute Gasteiger partial charge is 0.178 e. The minimum absolute atomic E-state index is 0.0893. The number of aryl methyl sites for hydroxylation is 2. The van der Waals surface area contributed by atoms with Gasteiger partial charge in [0.2, 0.25) is 0 Å². The zero-order valence-corrected chi connectivity index (χ0v) is 13.6. The number of nitrogens with zero attached hydrogens (tertiary/aromatic N) is 3. The van der Waals surface area contributed by atoms with E-state index in [4.69, 9.17) is 12.2 Å². The molecular formula is C15H14N4S2. The standard InChI is InChI=1S/C15H14N4S2/c1-8-14(21-10(3)17-8)9(2)19-12-6-4-5-11(7-16)13(12)18-15(19)20/h4-6,9H,1-3H3,(H,18,20). The van der Waals surface area contributed by atoms with Gasteiger partial charge in [-0.15, -0.1) is 11.3 Å². The van der Waals surface area contributed by atoms with E-state index in [-0.39, 0.29) is 6.04 Å². The van der Waals surface area contributed by atoms with Gasteiger partial charge >= 0.3 is 0 Å². The molecule has 6 heteroatoms. The van der Waals surface area contributed by atoms with Crippen LogP contribution in [0.25, 0.3) is 11.0 Å². The Morgan fingerprint density at radius 1 is 1.43 bits per heavy atom. The molecule has 0 spiro atoms. The average molecular weight is 314 g/mol. The first-order chi connectivity index (χ1) is 10.0. The second-order valence-electron chi connectivity index (χ2n) is 4.97. The molecule has 1 atom stereocenters. The molecule has 106 valence electrons. The molecule has 0 aliphatic carbocycles. The number of aromatic amines is 1. The molecule has 0 fully saturated rings. The summed E-state index contributed by atoms with van der Waals surface area (Å²) in [6.45, 7) is 6.15. The van der Waals surface area contributed by atoms with Crippen molar-refractivity contribution in [1.29, 1.82) is 5.26 Å². The summed E-state index contributed by atoms with van der Waals surface area (Å²) >= 11 is 7.16. The third-order valence-corrected chi connectivity index (χ3v) is 5.12. The summed E-state index contributed by atoms with van der Waals surface area (Å²) in [5.74, 6) is 0. The first-order valence-electron chi connectivity index (χ1n) is 6.60. The van der Waals surface area contributed by atoms with Gasteiger partial charge in [0.05, 0.1) is 38.2 Å². The van der Waals surface area contributed by atoms with Crippen LogP contribution in [-0.4, -0.2) is 14.5 Å². The lowest BCUT2D eigenvalue weighted by atomic mass is 10.2. The van der Waals surface area contributed by atoms with Gasteiger partial charge < -0.3 is 9.55 Å². The zero-order chi connectivity index (χ0) is 15.1. The molecule has 1 N–H and O–H groups in total. The summed E-state index contributed by atoms with van der Waals surface area (Å²) in [4.78, 5) is 8.86. The lowest BCUT2D eigenvalue weighted by molar-refractivity contribution is 0.655. The number of nitriles is 1. The molecule has 3 rings (SSSR count). The molecule has 0 saturated heterocycles. The van der Waals surface area contributed by atoms with Crippen molar-refractivity contribution in [2.75, 3.05) is 0 Å². The second kappa shape index (κ2) is 5.10. The molecule has 1 aromatic carbocycles. The maximum absolute atomic E-state index is 9.22. The maximum atomic E-state index is 9.22. The third kappa shape index (κ3) is 2.19. The van der Waals surface area contributed by atoms with Gasteiger partial charge in [-0.3, -0.25) is 0 Å². The highest BCUT2D eigenvalue weighted by Gasteiger charge is 2.18. The van der Waals surface area contributed by atoms with E-state index in [1.807, 2.05) is 26.0 Å². The number of aromatic nitrogens is 3. The summed E-state index contributed by atoms with van der Waals surface area (Å²) in [5.41, 5.74) is 3.41. The van der Waals surface area contributed by atoms with E-state index < -0.39 is 0 Å². The highest BCUT2D eigenvalue weighted by Crippen LogP contribution is 2.31. The summed E-state index contributed by atoms with van der Waals surface area (Å²) in [6, 6.07) is 7.96. The van der Waals surface area contributed by atoms with Crippen LogP contribution in [0.5, 0.6) is 0 Å². The van der Waals surface area contributed by atoms with Crippen LogP contribution >= 0.6 is 23.6 Å². The van der Waals surface area contributed by atoms with Crippen LogP contribution < -0.4 is 0 Å². The van der Waals surface area contributed by atoms with Crippen LogP contribution in [0.2, 0.25) is 0 Å². The molecule has 0 saturated carbocycles. The van der Waals surface area contributed by atoms with E-state index >= 15 is 0 Å². The summed E-state index contributed by atoms with van der Waals surface area (Å²) in [6.07, 6.45) is 0. The Morgan fingerprint density at radius 2 is 2.19 bits per heavy atom. The highest BCUT2D eigenvalue weighted by molar-refractivity contribution is 7.71. The quantitative estimate of drug-likeness (QED) is 0.719. The summed E-state index contributed by atoms with van der Waals surface area (Å²) in [7, 11) is 0. The van der Waals surface area contributed by atoms with Crippen molar-refractivity contribution in [3.63, 3.8) is 0 Å². The number of thiazole rings is 1. The van der Waals surface area contributed by atoms with Crippen molar-refractivity contribution in [2.45, 2.75) is 26.8 Å². The van der Waals surface area contributed by atoms with Crippen molar-refractivity contribution in [1.82, 2.24) is 14.5 Å². The number of benzene rings is 1. The zero-order valence-electron chi connectivity index (χ0n) is 12.0. The monoisotopic (exact) mass is 314 g/mol. The molecule has 2 heterocycles. The van der Waals surface area contributed by atoms with Crippen LogP contribution in [0.15, 0.2) is 18.2 Å². The first kappa shape index (κ1) is 14.0. The number of para-hydroxylation sites is 1.